The largest absolute Gasteiger partial charge is 0.478 e. The number of hydrogen-bond acceptors (Lipinski definition) is 2. The van der Waals surface area contributed by atoms with Gasteiger partial charge in [-0.25, -0.2) is 4.79 Å². The average molecular weight is 221 g/mol. The highest BCUT2D eigenvalue weighted by Gasteiger charge is 2.09. The highest BCUT2D eigenvalue weighted by atomic mass is 16.4. The van der Waals surface area contributed by atoms with E-state index in [1.807, 2.05) is 6.07 Å². The van der Waals surface area contributed by atoms with E-state index < -0.39 is 5.97 Å². The Kier molecular flexibility index (Phi) is 4.07. The van der Waals surface area contributed by atoms with Gasteiger partial charge in [-0.05, 0) is 23.1 Å². The van der Waals surface area contributed by atoms with E-state index in [-0.39, 0.29) is 5.41 Å². The van der Waals surface area contributed by atoms with Crippen LogP contribution in [-0.2, 0) is 6.54 Å². The predicted molar refractivity (Wildman–Crippen MR) is 64.6 cm³/mol. The van der Waals surface area contributed by atoms with Crippen molar-refractivity contribution in [3.8, 4) is 0 Å². The Morgan fingerprint density at radius 2 is 2.06 bits per heavy atom. The Bertz CT molecular complexity index is 366. The molecule has 0 heterocycles. The van der Waals surface area contributed by atoms with Crippen LogP contribution in [0.5, 0.6) is 0 Å². The Labute approximate surface area is 96.5 Å². The van der Waals surface area contributed by atoms with Gasteiger partial charge in [-0.1, -0.05) is 32.9 Å². The molecule has 0 spiro atoms. The van der Waals surface area contributed by atoms with E-state index in [9.17, 15) is 4.79 Å². The van der Waals surface area contributed by atoms with E-state index in [0.29, 0.717) is 12.1 Å². The molecule has 3 heteroatoms. The first kappa shape index (κ1) is 12.7. The second-order valence-electron chi connectivity index (χ2n) is 5.17. The van der Waals surface area contributed by atoms with Crippen LogP contribution in [0, 0.1) is 5.41 Å². The molecule has 1 aromatic carbocycles. The van der Waals surface area contributed by atoms with Gasteiger partial charge in [-0.15, -0.1) is 0 Å². The van der Waals surface area contributed by atoms with Crippen molar-refractivity contribution < 1.29 is 9.90 Å². The highest BCUT2D eigenvalue weighted by molar-refractivity contribution is 5.87. The molecule has 2 N–H and O–H groups in total. The molecule has 16 heavy (non-hydrogen) atoms. The fraction of sp³-hybridized carbons (Fsp3) is 0.462. The zero-order valence-corrected chi connectivity index (χ0v) is 10.1. The van der Waals surface area contributed by atoms with Gasteiger partial charge in [-0.3, -0.25) is 0 Å². The van der Waals surface area contributed by atoms with Gasteiger partial charge in [0, 0.05) is 13.1 Å². The minimum absolute atomic E-state index is 0.240. The molecular weight excluding hydrogens is 202 g/mol. The van der Waals surface area contributed by atoms with Crippen LogP contribution in [0.15, 0.2) is 24.3 Å². The third-order valence-electron chi connectivity index (χ3n) is 2.16. The van der Waals surface area contributed by atoms with E-state index in [0.717, 1.165) is 12.1 Å². The van der Waals surface area contributed by atoms with E-state index in [1.165, 1.54) is 0 Å². The van der Waals surface area contributed by atoms with E-state index >= 15 is 0 Å². The van der Waals surface area contributed by atoms with E-state index in [2.05, 4.69) is 26.1 Å². The Morgan fingerprint density at radius 1 is 1.38 bits per heavy atom. The number of hydrogen-bond donors (Lipinski definition) is 2. The van der Waals surface area contributed by atoms with Crippen LogP contribution in [0.2, 0.25) is 0 Å². The van der Waals surface area contributed by atoms with Crippen LogP contribution < -0.4 is 5.32 Å². The van der Waals surface area contributed by atoms with Gasteiger partial charge in [0.25, 0.3) is 0 Å². The summed E-state index contributed by atoms with van der Waals surface area (Å²) in [5, 5.41) is 12.2. The van der Waals surface area contributed by atoms with Gasteiger partial charge in [0.15, 0.2) is 0 Å². The standard InChI is InChI=1S/C13H19NO2/c1-13(2,3)9-14-8-10-5-4-6-11(7-10)12(15)16/h4-7,14H,8-9H2,1-3H3,(H,15,16). The molecule has 0 saturated heterocycles. The van der Waals surface area contributed by atoms with Crippen molar-refractivity contribution in [3.63, 3.8) is 0 Å². The zero-order chi connectivity index (χ0) is 12.2. The summed E-state index contributed by atoms with van der Waals surface area (Å²) in [7, 11) is 0. The molecule has 1 aromatic rings. The molecule has 0 aliphatic rings. The van der Waals surface area contributed by atoms with Gasteiger partial charge in [0.2, 0.25) is 0 Å². The predicted octanol–water partition coefficient (Wildman–Crippen LogP) is 2.52. The molecule has 0 amide bonds. The third-order valence-corrected chi connectivity index (χ3v) is 2.16. The number of benzene rings is 1. The first-order valence-corrected chi connectivity index (χ1v) is 5.41. The highest BCUT2D eigenvalue weighted by Crippen LogP contribution is 2.11. The number of nitrogens with one attached hydrogen (secondary N) is 1. The summed E-state index contributed by atoms with van der Waals surface area (Å²) in [5.74, 6) is -0.877. The first-order valence-electron chi connectivity index (χ1n) is 5.41. The SMILES string of the molecule is CC(C)(C)CNCc1cccc(C(=O)O)c1. The lowest BCUT2D eigenvalue weighted by Gasteiger charge is -2.18. The quantitative estimate of drug-likeness (QED) is 0.821. The fourth-order valence-electron chi connectivity index (χ4n) is 1.40. The summed E-state index contributed by atoms with van der Waals surface area (Å²) < 4.78 is 0. The summed E-state index contributed by atoms with van der Waals surface area (Å²) >= 11 is 0. The maximum Gasteiger partial charge on any atom is 0.335 e. The molecule has 1 rings (SSSR count). The molecule has 0 bridgehead atoms. The molecule has 0 aromatic heterocycles. The summed E-state index contributed by atoms with van der Waals surface area (Å²) in [6, 6.07) is 7.02. The van der Waals surface area contributed by atoms with Crippen molar-refractivity contribution in [2.24, 2.45) is 5.41 Å². The normalized spacial score (nSPS) is 11.4. The lowest BCUT2D eigenvalue weighted by Crippen LogP contribution is -2.26. The molecule has 0 radical (unpaired) electrons. The first-order chi connectivity index (χ1) is 7.38. The van der Waals surface area contributed by atoms with Gasteiger partial charge < -0.3 is 10.4 Å². The monoisotopic (exact) mass is 221 g/mol. The summed E-state index contributed by atoms with van der Waals surface area (Å²) in [6.07, 6.45) is 0. The van der Waals surface area contributed by atoms with Crippen molar-refractivity contribution in [2.75, 3.05) is 6.54 Å². The maximum absolute atomic E-state index is 10.8. The summed E-state index contributed by atoms with van der Waals surface area (Å²) in [5.41, 5.74) is 1.59. The number of carbonyl (C=O) groups is 1. The summed E-state index contributed by atoms with van der Waals surface area (Å²) in [4.78, 5) is 10.8. The molecule has 0 atom stereocenters. The average Bonchev–Trinajstić information content (AvgIpc) is 2.16. The van der Waals surface area contributed by atoms with Crippen molar-refractivity contribution in [1.29, 1.82) is 0 Å². The van der Waals surface area contributed by atoms with Gasteiger partial charge in [0.1, 0.15) is 0 Å². The molecule has 0 unspecified atom stereocenters. The van der Waals surface area contributed by atoms with Gasteiger partial charge >= 0.3 is 5.97 Å². The smallest absolute Gasteiger partial charge is 0.335 e. The topological polar surface area (TPSA) is 49.3 Å². The molecule has 0 aliphatic carbocycles. The van der Waals surface area contributed by atoms with Gasteiger partial charge in [0.05, 0.1) is 5.56 Å². The third kappa shape index (κ3) is 4.45. The molecule has 0 fully saturated rings. The molecule has 88 valence electrons. The van der Waals surface area contributed by atoms with Gasteiger partial charge in [-0.2, -0.15) is 0 Å². The van der Waals surface area contributed by atoms with Crippen molar-refractivity contribution >= 4 is 5.97 Å². The van der Waals surface area contributed by atoms with Crippen LogP contribution in [0.1, 0.15) is 36.7 Å². The molecule has 0 saturated carbocycles. The van der Waals surface area contributed by atoms with Crippen molar-refractivity contribution in [1.82, 2.24) is 5.32 Å². The second kappa shape index (κ2) is 5.12. The van der Waals surface area contributed by atoms with Crippen molar-refractivity contribution in [2.45, 2.75) is 27.3 Å². The fourth-order valence-corrected chi connectivity index (χ4v) is 1.40. The second-order valence-corrected chi connectivity index (χ2v) is 5.17. The summed E-state index contributed by atoms with van der Waals surface area (Å²) in [6.45, 7) is 8.09. The lowest BCUT2D eigenvalue weighted by atomic mass is 9.97. The van der Waals surface area contributed by atoms with Crippen LogP contribution in [0.4, 0.5) is 0 Å². The Balaban J connectivity index is 2.55. The molecule has 0 aliphatic heterocycles. The van der Waals surface area contributed by atoms with Crippen LogP contribution in [0.25, 0.3) is 0 Å². The minimum atomic E-state index is -0.877. The van der Waals surface area contributed by atoms with Crippen LogP contribution in [-0.4, -0.2) is 17.6 Å². The molecular formula is C13H19NO2. The van der Waals surface area contributed by atoms with E-state index in [4.69, 9.17) is 5.11 Å². The van der Waals surface area contributed by atoms with E-state index in [1.54, 1.807) is 18.2 Å². The minimum Gasteiger partial charge on any atom is -0.478 e. The molecule has 3 nitrogen and oxygen atoms in total. The van der Waals surface area contributed by atoms with Crippen molar-refractivity contribution in [3.05, 3.63) is 35.4 Å². The number of carboxylic acids is 1. The Morgan fingerprint density at radius 3 is 2.62 bits per heavy atom. The number of aromatic carboxylic acids is 1. The Hall–Kier alpha value is -1.35. The number of carboxylic acid groups (broad SMARTS) is 1. The maximum atomic E-state index is 10.8. The van der Waals surface area contributed by atoms with Crippen LogP contribution in [0.3, 0.4) is 0 Å². The van der Waals surface area contributed by atoms with Crippen LogP contribution >= 0.6 is 0 Å². The number of rotatable bonds is 4. The zero-order valence-electron chi connectivity index (χ0n) is 10.1. The lowest BCUT2D eigenvalue weighted by molar-refractivity contribution is 0.0696.